The molecule has 18 heavy (non-hydrogen) atoms. The minimum absolute atomic E-state index is 0.269. The van der Waals surface area contributed by atoms with Gasteiger partial charge < -0.3 is 11.1 Å². The highest BCUT2D eigenvalue weighted by Crippen LogP contribution is 2.11. The first-order valence-corrected chi connectivity index (χ1v) is 6.50. The van der Waals surface area contributed by atoms with Crippen molar-refractivity contribution in [1.82, 2.24) is 15.1 Å². The van der Waals surface area contributed by atoms with E-state index in [4.69, 9.17) is 5.73 Å². The second kappa shape index (κ2) is 6.54. The summed E-state index contributed by atoms with van der Waals surface area (Å²) in [5.41, 5.74) is 8.80. The molecule has 0 aromatic carbocycles. The minimum atomic E-state index is -0.290. The number of nitrogens with zero attached hydrogens (tertiary/aromatic N) is 2. The fourth-order valence-corrected chi connectivity index (χ4v) is 1.92. The van der Waals surface area contributed by atoms with E-state index in [1.165, 1.54) is 5.56 Å². The van der Waals surface area contributed by atoms with Crippen LogP contribution in [0.15, 0.2) is 0 Å². The van der Waals surface area contributed by atoms with Gasteiger partial charge in [0.1, 0.15) is 0 Å². The van der Waals surface area contributed by atoms with Gasteiger partial charge in [-0.25, -0.2) is 0 Å². The number of hydrogen-bond donors (Lipinski definition) is 2. The molecular formula is C13H24N4O. The Morgan fingerprint density at radius 2 is 2.11 bits per heavy atom. The molecule has 0 fully saturated rings. The van der Waals surface area contributed by atoms with Gasteiger partial charge in [0.2, 0.25) is 5.91 Å². The Bertz CT molecular complexity index is 411. The molecule has 0 aliphatic carbocycles. The second-order valence-electron chi connectivity index (χ2n) is 4.72. The number of aromatic nitrogens is 2. The lowest BCUT2D eigenvalue weighted by Crippen LogP contribution is -2.42. The predicted molar refractivity (Wildman–Crippen MR) is 72.3 cm³/mol. The van der Waals surface area contributed by atoms with Crippen molar-refractivity contribution in [2.45, 2.75) is 53.1 Å². The maximum absolute atomic E-state index is 11.3. The first-order valence-electron chi connectivity index (χ1n) is 6.50. The highest BCUT2D eigenvalue weighted by atomic mass is 16.1. The molecule has 0 radical (unpaired) electrons. The summed E-state index contributed by atoms with van der Waals surface area (Å²) in [4.78, 5) is 11.3. The summed E-state index contributed by atoms with van der Waals surface area (Å²) < 4.78 is 1.95. The first kappa shape index (κ1) is 14.7. The number of nitrogens with two attached hydrogens (primary N) is 1. The van der Waals surface area contributed by atoms with E-state index in [1.54, 1.807) is 0 Å². The Morgan fingerprint density at radius 1 is 1.44 bits per heavy atom. The van der Waals surface area contributed by atoms with Gasteiger partial charge in [-0.15, -0.1) is 0 Å². The number of rotatable bonds is 7. The Labute approximate surface area is 109 Å². The lowest BCUT2D eigenvalue weighted by Gasteiger charge is -2.15. The summed E-state index contributed by atoms with van der Waals surface area (Å²) in [6, 6.07) is -0.269. The van der Waals surface area contributed by atoms with Crippen LogP contribution >= 0.6 is 0 Å². The fraction of sp³-hybridized carbons (Fsp3) is 0.692. The van der Waals surface area contributed by atoms with Gasteiger partial charge in [0.25, 0.3) is 0 Å². The van der Waals surface area contributed by atoms with Crippen molar-refractivity contribution in [2.75, 3.05) is 6.54 Å². The fourth-order valence-electron chi connectivity index (χ4n) is 1.92. The zero-order valence-corrected chi connectivity index (χ0v) is 11.8. The van der Waals surface area contributed by atoms with Crippen molar-refractivity contribution in [3.8, 4) is 0 Å². The number of primary amides is 1. The summed E-state index contributed by atoms with van der Waals surface area (Å²) >= 11 is 0. The van der Waals surface area contributed by atoms with Gasteiger partial charge in [0.05, 0.1) is 11.7 Å². The van der Waals surface area contributed by atoms with Crippen LogP contribution in [0.3, 0.4) is 0 Å². The molecule has 1 aromatic rings. The topological polar surface area (TPSA) is 72.9 Å². The zero-order valence-electron chi connectivity index (χ0n) is 11.8. The molecule has 5 nitrogen and oxygen atoms in total. The van der Waals surface area contributed by atoms with E-state index in [-0.39, 0.29) is 11.9 Å². The van der Waals surface area contributed by atoms with Crippen LogP contribution in [-0.2, 0) is 11.3 Å². The largest absolute Gasteiger partial charge is 0.368 e. The molecule has 1 amide bonds. The van der Waals surface area contributed by atoms with Crippen LogP contribution in [-0.4, -0.2) is 28.3 Å². The number of carbonyl (C=O) groups excluding carboxylic acids is 1. The lowest BCUT2D eigenvalue weighted by atomic mass is 10.2. The molecule has 0 spiro atoms. The lowest BCUT2D eigenvalue weighted by molar-refractivity contribution is -0.120. The van der Waals surface area contributed by atoms with Crippen molar-refractivity contribution in [1.29, 1.82) is 0 Å². The molecule has 1 heterocycles. The average Bonchev–Trinajstić information content (AvgIpc) is 2.56. The highest BCUT2D eigenvalue weighted by Gasteiger charge is 2.15. The van der Waals surface area contributed by atoms with E-state index in [0.29, 0.717) is 13.0 Å². The van der Waals surface area contributed by atoms with Crippen LogP contribution < -0.4 is 11.1 Å². The third-order valence-corrected chi connectivity index (χ3v) is 3.36. The van der Waals surface area contributed by atoms with Crippen LogP contribution in [0.5, 0.6) is 0 Å². The SMILES string of the molecule is CCCNC(CCn1nc(C)c(C)c1C)C(N)=O. The molecule has 1 aromatic heterocycles. The van der Waals surface area contributed by atoms with E-state index in [0.717, 1.165) is 24.4 Å². The molecule has 1 rings (SSSR count). The van der Waals surface area contributed by atoms with Gasteiger partial charge in [-0.1, -0.05) is 6.92 Å². The maximum Gasteiger partial charge on any atom is 0.234 e. The van der Waals surface area contributed by atoms with Gasteiger partial charge >= 0.3 is 0 Å². The number of amides is 1. The quantitative estimate of drug-likeness (QED) is 0.762. The normalized spacial score (nSPS) is 12.7. The minimum Gasteiger partial charge on any atom is -0.368 e. The summed E-state index contributed by atoms with van der Waals surface area (Å²) in [6.45, 7) is 9.70. The number of carbonyl (C=O) groups is 1. The molecule has 0 saturated carbocycles. The van der Waals surface area contributed by atoms with Gasteiger partial charge in [-0.2, -0.15) is 5.10 Å². The van der Waals surface area contributed by atoms with Crippen LogP contribution in [0.25, 0.3) is 0 Å². The maximum atomic E-state index is 11.3. The van der Waals surface area contributed by atoms with Crippen molar-refractivity contribution < 1.29 is 4.79 Å². The molecule has 3 N–H and O–H groups in total. The van der Waals surface area contributed by atoms with Crippen molar-refractivity contribution in [3.63, 3.8) is 0 Å². The molecule has 0 bridgehead atoms. The number of aryl methyl sites for hydroxylation is 2. The summed E-state index contributed by atoms with van der Waals surface area (Å²) in [5.74, 6) is -0.290. The van der Waals surface area contributed by atoms with Crippen molar-refractivity contribution in [3.05, 3.63) is 17.0 Å². The van der Waals surface area contributed by atoms with E-state index < -0.39 is 0 Å². The van der Waals surface area contributed by atoms with Crippen LogP contribution in [0, 0.1) is 20.8 Å². The molecule has 0 saturated heterocycles. The van der Waals surface area contributed by atoms with Crippen LogP contribution in [0.4, 0.5) is 0 Å². The Morgan fingerprint density at radius 3 is 2.56 bits per heavy atom. The smallest absolute Gasteiger partial charge is 0.234 e. The van der Waals surface area contributed by atoms with Crippen LogP contribution in [0.2, 0.25) is 0 Å². The Balaban J connectivity index is 2.61. The molecule has 1 unspecified atom stereocenters. The van der Waals surface area contributed by atoms with Crippen molar-refractivity contribution >= 4 is 5.91 Å². The summed E-state index contributed by atoms with van der Waals surface area (Å²) in [5, 5.41) is 7.62. The molecule has 0 aliphatic heterocycles. The molecule has 1 atom stereocenters. The molecule has 102 valence electrons. The van der Waals surface area contributed by atoms with Crippen molar-refractivity contribution in [2.24, 2.45) is 5.73 Å². The van der Waals surface area contributed by atoms with Crippen LogP contribution in [0.1, 0.15) is 36.7 Å². The second-order valence-corrected chi connectivity index (χ2v) is 4.72. The third-order valence-electron chi connectivity index (χ3n) is 3.36. The number of nitrogens with one attached hydrogen (secondary N) is 1. The van der Waals surface area contributed by atoms with E-state index in [1.807, 2.05) is 18.5 Å². The Kier molecular flexibility index (Phi) is 5.34. The van der Waals surface area contributed by atoms with E-state index in [9.17, 15) is 4.79 Å². The number of hydrogen-bond acceptors (Lipinski definition) is 3. The van der Waals surface area contributed by atoms with Gasteiger partial charge in [0, 0.05) is 12.2 Å². The molecule has 0 aliphatic rings. The van der Waals surface area contributed by atoms with E-state index >= 15 is 0 Å². The monoisotopic (exact) mass is 252 g/mol. The predicted octanol–water partition coefficient (Wildman–Crippen LogP) is 1.05. The Hall–Kier alpha value is -1.36. The standard InChI is InChI=1S/C13H24N4O/c1-5-7-15-12(13(14)18)6-8-17-11(4)9(2)10(3)16-17/h12,15H,5-8H2,1-4H3,(H2,14,18). The summed E-state index contributed by atoms with van der Waals surface area (Å²) in [6.07, 6.45) is 1.67. The highest BCUT2D eigenvalue weighted by molar-refractivity contribution is 5.79. The summed E-state index contributed by atoms with van der Waals surface area (Å²) in [7, 11) is 0. The van der Waals surface area contributed by atoms with Gasteiger partial charge in [-0.05, 0) is 45.7 Å². The van der Waals surface area contributed by atoms with E-state index in [2.05, 4.69) is 24.3 Å². The first-order chi connectivity index (χ1) is 8.47. The third kappa shape index (κ3) is 3.57. The van der Waals surface area contributed by atoms with Gasteiger partial charge in [-0.3, -0.25) is 9.48 Å². The average molecular weight is 252 g/mol. The molecular weight excluding hydrogens is 228 g/mol. The molecule has 5 heteroatoms. The van der Waals surface area contributed by atoms with Gasteiger partial charge in [0.15, 0.2) is 0 Å². The zero-order chi connectivity index (χ0) is 13.7.